The van der Waals surface area contributed by atoms with Crippen LogP contribution in [-0.4, -0.2) is 35.3 Å². The maximum atomic E-state index is 6.10. The predicted molar refractivity (Wildman–Crippen MR) is 82.1 cm³/mol. The molecule has 1 aromatic rings. The Morgan fingerprint density at radius 3 is 2.50 bits per heavy atom. The number of morpholine rings is 1. The van der Waals surface area contributed by atoms with E-state index in [2.05, 4.69) is 44.5 Å². The number of rotatable bonds is 1. The summed E-state index contributed by atoms with van der Waals surface area (Å²) in [6.07, 6.45) is 0.208. The van der Waals surface area contributed by atoms with Crippen molar-refractivity contribution in [2.45, 2.75) is 59.1 Å². The lowest BCUT2D eigenvalue weighted by atomic mass is 9.95. The van der Waals surface area contributed by atoms with Gasteiger partial charge in [0.25, 0.3) is 0 Å². The van der Waals surface area contributed by atoms with E-state index in [1.54, 1.807) is 0 Å². The average Bonchev–Trinajstić information content (AvgIpc) is 2.34. The molecule has 0 aliphatic carbocycles. The summed E-state index contributed by atoms with van der Waals surface area (Å²) < 4.78 is 5.69. The van der Waals surface area contributed by atoms with E-state index >= 15 is 0 Å². The van der Waals surface area contributed by atoms with Crippen molar-refractivity contribution in [1.29, 1.82) is 0 Å². The molecule has 20 heavy (non-hydrogen) atoms. The van der Waals surface area contributed by atoms with Gasteiger partial charge in [-0.05, 0) is 20.8 Å². The third kappa shape index (κ3) is 2.87. The van der Waals surface area contributed by atoms with Crippen LogP contribution < -0.4 is 10.6 Å². The lowest BCUT2D eigenvalue weighted by Gasteiger charge is -2.38. The summed E-state index contributed by atoms with van der Waals surface area (Å²) in [5.41, 5.74) is 6.94. The molecule has 0 bridgehead atoms. The Bertz CT molecular complexity index is 495. The molecule has 2 N–H and O–H groups in total. The first kappa shape index (κ1) is 15.0. The van der Waals surface area contributed by atoms with Crippen molar-refractivity contribution < 1.29 is 4.74 Å². The second kappa shape index (κ2) is 5.20. The molecule has 1 aromatic heterocycles. The van der Waals surface area contributed by atoms with Gasteiger partial charge < -0.3 is 15.4 Å². The first-order chi connectivity index (χ1) is 9.20. The summed E-state index contributed by atoms with van der Waals surface area (Å²) in [5.74, 6) is 2.32. The van der Waals surface area contributed by atoms with Gasteiger partial charge in [-0.2, -0.15) is 0 Å². The molecule has 0 radical (unpaired) electrons. The minimum atomic E-state index is -0.113. The van der Waals surface area contributed by atoms with E-state index in [4.69, 9.17) is 15.5 Å². The minimum Gasteiger partial charge on any atom is -0.383 e. The molecule has 1 aliphatic heterocycles. The molecule has 0 aromatic carbocycles. The van der Waals surface area contributed by atoms with Gasteiger partial charge in [0.15, 0.2) is 0 Å². The Morgan fingerprint density at radius 1 is 1.25 bits per heavy atom. The highest BCUT2D eigenvalue weighted by Gasteiger charge is 2.28. The lowest BCUT2D eigenvalue weighted by Crippen LogP contribution is -2.48. The van der Waals surface area contributed by atoms with E-state index in [0.717, 1.165) is 30.4 Å². The van der Waals surface area contributed by atoms with E-state index in [-0.39, 0.29) is 11.5 Å². The Balaban J connectivity index is 2.47. The molecule has 112 valence electrons. The normalized spacial score (nSPS) is 24.0. The third-order valence-electron chi connectivity index (χ3n) is 3.71. The zero-order chi connectivity index (χ0) is 15.1. The number of nitrogens with two attached hydrogens (primary N) is 1. The molecule has 5 nitrogen and oxygen atoms in total. The van der Waals surface area contributed by atoms with Gasteiger partial charge in [0, 0.05) is 17.5 Å². The molecule has 2 rings (SSSR count). The van der Waals surface area contributed by atoms with Gasteiger partial charge in [-0.3, -0.25) is 0 Å². The van der Waals surface area contributed by atoms with Gasteiger partial charge in [0.05, 0.1) is 18.8 Å². The maximum absolute atomic E-state index is 6.10. The number of nitrogen functional groups attached to an aromatic ring is 1. The predicted octanol–water partition coefficient (Wildman–Crippen LogP) is 2.28. The second-order valence-corrected chi connectivity index (χ2v) is 6.78. The van der Waals surface area contributed by atoms with Crippen LogP contribution in [0.15, 0.2) is 0 Å². The van der Waals surface area contributed by atoms with Crippen molar-refractivity contribution in [2.75, 3.05) is 23.8 Å². The summed E-state index contributed by atoms with van der Waals surface area (Å²) in [6.45, 7) is 14.1. The zero-order valence-corrected chi connectivity index (χ0v) is 13.4. The summed E-state index contributed by atoms with van der Waals surface area (Å²) in [6, 6.07) is 0.298. The van der Waals surface area contributed by atoms with Crippen LogP contribution in [-0.2, 0) is 10.2 Å². The fourth-order valence-corrected chi connectivity index (χ4v) is 2.34. The first-order valence-corrected chi connectivity index (χ1v) is 7.23. The van der Waals surface area contributed by atoms with Crippen LogP contribution in [0.1, 0.15) is 46.0 Å². The fraction of sp³-hybridized carbons (Fsp3) is 0.733. The van der Waals surface area contributed by atoms with Crippen LogP contribution in [0.3, 0.4) is 0 Å². The van der Waals surface area contributed by atoms with Crippen molar-refractivity contribution in [3.05, 3.63) is 11.4 Å². The molecule has 1 aliphatic rings. The summed E-state index contributed by atoms with van der Waals surface area (Å²) in [5, 5.41) is 0. The van der Waals surface area contributed by atoms with Gasteiger partial charge in [0.2, 0.25) is 0 Å². The van der Waals surface area contributed by atoms with Crippen molar-refractivity contribution in [2.24, 2.45) is 0 Å². The summed E-state index contributed by atoms with van der Waals surface area (Å²) in [4.78, 5) is 11.5. The molecule has 1 fully saturated rings. The van der Waals surface area contributed by atoms with Crippen LogP contribution in [0.2, 0.25) is 0 Å². The Morgan fingerprint density at radius 2 is 1.90 bits per heavy atom. The van der Waals surface area contributed by atoms with Crippen LogP contribution >= 0.6 is 0 Å². The number of anilines is 2. The van der Waals surface area contributed by atoms with Crippen LogP contribution in [0.25, 0.3) is 0 Å². The van der Waals surface area contributed by atoms with E-state index in [9.17, 15) is 0 Å². The van der Waals surface area contributed by atoms with Crippen molar-refractivity contribution in [3.63, 3.8) is 0 Å². The Labute approximate surface area is 121 Å². The monoisotopic (exact) mass is 278 g/mol. The van der Waals surface area contributed by atoms with Crippen molar-refractivity contribution >= 4 is 11.6 Å². The zero-order valence-electron chi connectivity index (χ0n) is 13.4. The molecule has 0 amide bonds. The molecule has 2 unspecified atom stereocenters. The molecule has 0 spiro atoms. The molecular formula is C15H26N4O. The summed E-state index contributed by atoms with van der Waals surface area (Å²) >= 11 is 0. The minimum absolute atomic E-state index is 0.113. The van der Waals surface area contributed by atoms with Crippen molar-refractivity contribution in [1.82, 2.24) is 9.97 Å². The maximum Gasteiger partial charge on any atom is 0.138 e. The molecular weight excluding hydrogens is 252 g/mol. The standard InChI is InChI=1S/C15H26N4O/c1-9-8-20-10(2)7-19(9)13-11(3)12(16)17-14(18-13)15(4,5)6/h9-10H,7-8H2,1-6H3,(H2,16,17,18). The SMILES string of the molecule is Cc1c(N)nc(C(C)(C)C)nc1N1CC(C)OCC1C. The second-order valence-electron chi connectivity index (χ2n) is 6.78. The number of hydrogen-bond acceptors (Lipinski definition) is 5. The highest BCUT2D eigenvalue weighted by Crippen LogP contribution is 2.29. The number of hydrogen-bond donors (Lipinski definition) is 1. The topological polar surface area (TPSA) is 64.3 Å². The van der Waals surface area contributed by atoms with E-state index in [0.29, 0.717) is 11.9 Å². The summed E-state index contributed by atoms with van der Waals surface area (Å²) in [7, 11) is 0. The van der Waals surface area contributed by atoms with Gasteiger partial charge in [-0.15, -0.1) is 0 Å². The largest absolute Gasteiger partial charge is 0.383 e. The molecule has 5 heteroatoms. The lowest BCUT2D eigenvalue weighted by molar-refractivity contribution is 0.0339. The number of aromatic nitrogens is 2. The van der Waals surface area contributed by atoms with Gasteiger partial charge in [-0.25, -0.2) is 9.97 Å². The molecule has 2 atom stereocenters. The Kier molecular flexibility index (Phi) is 3.91. The smallest absolute Gasteiger partial charge is 0.138 e. The van der Waals surface area contributed by atoms with Crippen LogP contribution in [0, 0.1) is 6.92 Å². The number of nitrogens with zero attached hydrogens (tertiary/aromatic N) is 3. The van der Waals surface area contributed by atoms with E-state index in [1.165, 1.54) is 0 Å². The highest BCUT2D eigenvalue weighted by molar-refractivity contribution is 5.57. The Hall–Kier alpha value is -1.36. The van der Waals surface area contributed by atoms with Gasteiger partial charge in [0.1, 0.15) is 17.5 Å². The highest BCUT2D eigenvalue weighted by atomic mass is 16.5. The first-order valence-electron chi connectivity index (χ1n) is 7.23. The molecule has 2 heterocycles. The van der Waals surface area contributed by atoms with Gasteiger partial charge in [-0.1, -0.05) is 20.8 Å². The van der Waals surface area contributed by atoms with Gasteiger partial charge >= 0.3 is 0 Å². The quantitative estimate of drug-likeness (QED) is 0.853. The van der Waals surface area contributed by atoms with Crippen LogP contribution in [0.5, 0.6) is 0 Å². The van der Waals surface area contributed by atoms with Crippen LogP contribution in [0.4, 0.5) is 11.6 Å². The molecule has 0 saturated carbocycles. The van der Waals surface area contributed by atoms with E-state index < -0.39 is 0 Å². The fourth-order valence-electron chi connectivity index (χ4n) is 2.34. The molecule has 1 saturated heterocycles. The number of ether oxygens (including phenoxy) is 1. The third-order valence-corrected chi connectivity index (χ3v) is 3.71. The van der Waals surface area contributed by atoms with Crippen molar-refractivity contribution in [3.8, 4) is 0 Å². The van der Waals surface area contributed by atoms with E-state index in [1.807, 2.05) is 6.92 Å². The average molecular weight is 278 g/mol.